The number of nitrogens with two attached hydrogens (primary N) is 1. The van der Waals surface area contributed by atoms with Gasteiger partial charge in [-0.2, -0.15) is 0 Å². The van der Waals surface area contributed by atoms with E-state index in [4.69, 9.17) is 5.73 Å². The van der Waals surface area contributed by atoms with Crippen LogP contribution in [0.5, 0.6) is 0 Å². The zero-order chi connectivity index (χ0) is 13.5. The molecule has 0 amide bonds. The average molecular weight is 263 g/mol. The molecule has 4 rings (SSSR count). The average Bonchev–Trinajstić information content (AvgIpc) is 2.82. The topological polar surface area (TPSA) is 43.8 Å². The summed E-state index contributed by atoms with van der Waals surface area (Å²) in [6.07, 6.45) is 3.49. The highest BCUT2D eigenvalue weighted by Gasteiger charge is 2.24. The Bertz CT molecular complexity index is 773. The number of fused-ring (bicyclic) bond motifs is 2. The Labute approximate surface area is 118 Å². The first-order chi connectivity index (χ1) is 9.84. The molecular weight excluding hydrogens is 246 g/mol. The first-order valence-electron chi connectivity index (χ1n) is 7.15. The number of hydrogen-bond donors (Lipinski definition) is 1. The molecule has 1 aromatic heterocycles. The van der Waals surface area contributed by atoms with E-state index >= 15 is 0 Å². The predicted octanol–water partition coefficient (Wildman–Crippen LogP) is 3.54. The van der Waals surface area contributed by atoms with Crippen LogP contribution in [-0.4, -0.2) is 9.55 Å². The molecule has 0 saturated heterocycles. The summed E-state index contributed by atoms with van der Waals surface area (Å²) < 4.78 is 2.20. The van der Waals surface area contributed by atoms with Gasteiger partial charge in [-0.15, -0.1) is 0 Å². The molecule has 2 N–H and O–H groups in total. The zero-order valence-corrected chi connectivity index (χ0v) is 11.3. The fourth-order valence-electron chi connectivity index (χ4n) is 3.39. The van der Waals surface area contributed by atoms with Crippen LogP contribution in [-0.2, 0) is 6.42 Å². The van der Waals surface area contributed by atoms with Gasteiger partial charge in [-0.25, -0.2) is 4.98 Å². The highest BCUT2D eigenvalue weighted by molar-refractivity contribution is 5.78. The highest BCUT2D eigenvalue weighted by Crippen LogP contribution is 2.36. The summed E-state index contributed by atoms with van der Waals surface area (Å²) in [6, 6.07) is 17.2. The molecule has 100 valence electrons. The number of anilines is 1. The third-order valence-electron chi connectivity index (χ3n) is 4.27. The van der Waals surface area contributed by atoms with Gasteiger partial charge in [0.25, 0.3) is 0 Å². The van der Waals surface area contributed by atoms with Crippen LogP contribution in [0.4, 0.5) is 5.95 Å². The minimum atomic E-state index is 0.312. The lowest BCUT2D eigenvalue weighted by atomic mass is 9.87. The smallest absolute Gasteiger partial charge is 0.201 e. The molecule has 0 saturated carbocycles. The summed E-state index contributed by atoms with van der Waals surface area (Å²) >= 11 is 0. The normalized spacial score (nSPS) is 18.1. The Morgan fingerprint density at radius 1 is 1.05 bits per heavy atom. The van der Waals surface area contributed by atoms with Crippen LogP contribution in [0.25, 0.3) is 11.0 Å². The van der Waals surface area contributed by atoms with Crippen molar-refractivity contribution in [2.45, 2.75) is 25.3 Å². The molecule has 0 aliphatic heterocycles. The fourth-order valence-corrected chi connectivity index (χ4v) is 3.39. The predicted molar refractivity (Wildman–Crippen MR) is 81.7 cm³/mol. The van der Waals surface area contributed by atoms with Gasteiger partial charge in [0.05, 0.1) is 17.1 Å². The largest absolute Gasteiger partial charge is 0.369 e. The molecule has 2 aromatic carbocycles. The van der Waals surface area contributed by atoms with Crippen molar-refractivity contribution in [3.05, 3.63) is 59.7 Å². The van der Waals surface area contributed by atoms with Crippen molar-refractivity contribution in [1.82, 2.24) is 9.55 Å². The second-order valence-electron chi connectivity index (χ2n) is 5.44. The van der Waals surface area contributed by atoms with E-state index in [0.717, 1.165) is 17.5 Å². The first kappa shape index (κ1) is 11.5. The monoisotopic (exact) mass is 263 g/mol. The molecule has 3 heteroatoms. The molecule has 1 unspecified atom stereocenters. The van der Waals surface area contributed by atoms with Gasteiger partial charge in [-0.3, -0.25) is 0 Å². The van der Waals surface area contributed by atoms with Crippen molar-refractivity contribution in [3.8, 4) is 0 Å². The van der Waals surface area contributed by atoms with E-state index in [1.165, 1.54) is 24.0 Å². The number of aryl methyl sites for hydroxylation is 1. The van der Waals surface area contributed by atoms with E-state index in [-0.39, 0.29) is 0 Å². The number of rotatable bonds is 1. The maximum absolute atomic E-state index is 6.19. The molecule has 1 atom stereocenters. The number of aromatic nitrogens is 2. The zero-order valence-electron chi connectivity index (χ0n) is 11.3. The third kappa shape index (κ3) is 1.63. The van der Waals surface area contributed by atoms with Crippen LogP contribution in [0.2, 0.25) is 0 Å². The Morgan fingerprint density at radius 2 is 1.85 bits per heavy atom. The maximum Gasteiger partial charge on any atom is 0.201 e. The Kier molecular flexibility index (Phi) is 2.52. The van der Waals surface area contributed by atoms with E-state index in [2.05, 4.69) is 45.9 Å². The summed E-state index contributed by atoms with van der Waals surface area (Å²) in [5, 5.41) is 0. The van der Waals surface area contributed by atoms with Crippen LogP contribution in [0.15, 0.2) is 48.5 Å². The van der Waals surface area contributed by atoms with Crippen LogP contribution in [0, 0.1) is 0 Å². The summed E-state index contributed by atoms with van der Waals surface area (Å²) in [7, 11) is 0. The van der Waals surface area contributed by atoms with Crippen molar-refractivity contribution < 1.29 is 0 Å². The van der Waals surface area contributed by atoms with Gasteiger partial charge in [0.1, 0.15) is 0 Å². The van der Waals surface area contributed by atoms with Gasteiger partial charge in [-0.1, -0.05) is 36.4 Å². The Hall–Kier alpha value is -2.29. The molecule has 3 aromatic rings. The lowest BCUT2D eigenvalue weighted by Crippen LogP contribution is -2.18. The van der Waals surface area contributed by atoms with Crippen LogP contribution in [0.1, 0.15) is 30.0 Å². The summed E-state index contributed by atoms with van der Waals surface area (Å²) in [5.74, 6) is 0.618. The second kappa shape index (κ2) is 4.37. The standard InChI is InChI=1S/C17H17N3/c18-17-19-14-9-3-4-10-16(14)20(17)15-11-5-7-12-6-1-2-8-13(12)15/h1-4,6,8-10,15H,5,7,11H2,(H2,18,19). The quantitative estimate of drug-likeness (QED) is 0.729. The van der Waals surface area contributed by atoms with Crippen molar-refractivity contribution in [2.75, 3.05) is 5.73 Å². The molecule has 1 aliphatic rings. The minimum Gasteiger partial charge on any atom is -0.369 e. The molecule has 0 fully saturated rings. The molecule has 20 heavy (non-hydrogen) atoms. The van der Waals surface area contributed by atoms with Gasteiger partial charge >= 0.3 is 0 Å². The number of benzene rings is 2. The van der Waals surface area contributed by atoms with E-state index < -0.39 is 0 Å². The number of nitrogen functional groups attached to an aromatic ring is 1. The molecular formula is C17H17N3. The number of para-hydroxylation sites is 2. The number of hydrogen-bond acceptors (Lipinski definition) is 2. The van der Waals surface area contributed by atoms with Gasteiger partial charge < -0.3 is 10.3 Å². The van der Waals surface area contributed by atoms with E-state index in [1.807, 2.05) is 12.1 Å². The van der Waals surface area contributed by atoms with Crippen LogP contribution >= 0.6 is 0 Å². The molecule has 0 spiro atoms. The maximum atomic E-state index is 6.19. The van der Waals surface area contributed by atoms with Crippen LogP contribution < -0.4 is 5.73 Å². The Morgan fingerprint density at radius 3 is 2.80 bits per heavy atom. The van der Waals surface area contributed by atoms with Crippen molar-refractivity contribution in [2.24, 2.45) is 0 Å². The van der Waals surface area contributed by atoms with Gasteiger partial charge in [0, 0.05) is 0 Å². The second-order valence-corrected chi connectivity index (χ2v) is 5.44. The van der Waals surface area contributed by atoms with Gasteiger partial charge in [0.15, 0.2) is 0 Å². The minimum absolute atomic E-state index is 0.312. The SMILES string of the molecule is Nc1nc2ccccc2n1C1CCCc2ccccc21. The van der Waals surface area contributed by atoms with E-state index in [1.54, 1.807) is 0 Å². The summed E-state index contributed by atoms with van der Waals surface area (Å²) in [4.78, 5) is 4.50. The van der Waals surface area contributed by atoms with Crippen LogP contribution in [0.3, 0.4) is 0 Å². The fraction of sp³-hybridized carbons (Fsp3) is 0.235. The highest BCUT2D eigenvalue weighted by atomic mass is 15.2. The van der Waals surface area contributed by atoms with Gasteiger partial charge in [0.2, 0.25) is 5.95 Å². The van der Waals surface area contributed by atoms with Crippen molar-refractivity contribution in [3.63, 3.8) is 0 Å². The molecule has 1 aliphatic carbocycles. The molecule has 1 heterocycles. The number of nitrogens with zero attached hydrogens (tertiary/aromatic N) is 2. The van der Waals surface area contributed by atoms with E-state index in [9.17, 15) is 0 Å². The first-order valence-corrected chi connectivity index (χ1v) is 7.15. The van der Waals surface area contributed by atoms with Crippen molar-refractivity contribution >= 4 is 17.0 Å². The lowest BCUT2D eigenvalue weighted by molar-refractivity contribution is 0.504. The van der Waals surface area contributed by atoms with E-state index in [0.29, 0.717) is 12.0 Å². The Balaban J connectivity index is 1.95. The van der Waals surface area contributed by atoms with Gasteiger partial charge in [-0.05, 0) is 42.5 Å². The summed E-state index contributed by atoms with van der Waals surface area (Å²) in [6.45, 7) is 0. The lowest BCUT2D eigenvalue weighted by Gasteiger charge is -2.27. The summed E-state index contributed by atoms with van der Waals surface area (Å²) in [5.41, 5.74) is 11.1. The molecule has 0 bridgehead atoms. The third-order valence-corrected chi connectivity index (χ3v) is 4.27. The molecule has 3 nitrogen and oxygen atoms in total. The van der Waals surface area contributed by atoms with Crippen molar-refractivity contribution in [1.29, 1.82) is 0 Å². The number of imidazole rings is 1. The molecule has 0 radical (unpaired) electrons.